The van der Waals surface area contributed by atoms with Crippen molar-refractivity contribution >= 4 is 27.4 Å². The largest absolute Gasteiger partial charge is 0.298 e. The number of Topliss-reactive ketones (excluding diaryl/α,β-unsaturated/α-hetero) is 1. The van der Waals surface area contributed by atoms with Crippen LogP contribution in [-0.2, 0) is 11.2 Å². The van der Waals surface area contributed by atoms with Crippen LogP contribution < -0.4 is 0 Å². The molecule has 0 spiro atoms. The Bertz CT molecular complexity index is 451. The summed E-state index contributed by atoms with van der Waals surface area (Å²) in [4.78, 5) is 21.2. The molecule has 0 aliphatic rings. The minimum absolute atomic E-state index is 0.0113. The van der Waals surface area contributed by atoms with E-state index in [9.17, 15) is 23.7 Å². The predicted octanol–water partition coefficient (Wildman–Crippen LogP) is 3.04. The summed E-state index contributed by atoms with van der Waals surface area (Å²) in [6, 6.07) is 2.99. The third-order valence-electron chi connectivity index (χ3n) is 2.09. The molecule has 0 bridgehead atoms. The lowest BCUT2D eigenvalue weighted by atomic mass is 10.0. The molecule has 0 atom stereocenters. The summed E-state index contributed by atoms with van der Waals surface area (Å²) in [7, 11) is 0. The number of hydrogen-bond donors (Lipinski definition) is 0. The van der Waals surface area contributed by atoms with Gasteiger partial charge in [-0.2, -0.15) is 0 Å². The van der Waals surface area contributed by atoms with Gasteiger partial charge in [-0.15, -0.1) is 0 Å². The average molecular weight is 308 g/mol. The molecular formula is C10H8BrF2NO3. The first-order valence-corrected chi connectivity index (χ1v) is 5.71. The summed E-state index contributed by atoms with van der Waals surface area (Å²) in [5.41, 5.74) is -0.631. The smallest absolute Gasteiger partial charge is 0.273 e. The van der Waals surface area contributed by atoms with Crippen LogP contribution in [-0.4, -0.2) is 16.0 Å². The van der Waals surface area contributed by atoms with Crippen LogP contribution in [0.5, 0.6) is 0 Å². The summed E-state index contributed by atoms with van der Waals surface area (Å²) in [5, 5.41) is 10.7. The van der Waals surface area contributed by atoms with Crippen LogP contribution in [0.2, 0.25) is 0 Å². The molecule has 1 aromatic carbocycles. The van der Waals surface area contributed by atoms with Crippen LogP contribution in [0.1, 0.15) is 17.6 Å². The van der Waals surface area contributed by atoms with Crippen LogP contribution in [0.4, 0.5) is 14.5 Å². The third-order valence-corrected chi connectivity index (χ3v) is 2.71. The molecule has 0 fully saturated rings. The Hall–Kier alpha value is -1.37. The van der Waals surface area contributed by atoms with E-state index in [4.69, 9.17) is 0 Å². The van der Waals surface area contributed by atoms with Crippen molar-refractivity contribution in [3.8, 4) is 0 Å². The molecule has 17 heavy (non-hydrogen) atoms. The van der Waals surface area contributed by atoms with Crippen molar-refractivity contribution in [1.29, 1.82) is 0 Å². The zero-order valence-electron chi connectivity index (χ0n) is 8.53. The fourth-order valence-electron chi connectivity index (χ4n) is 1.32. The second-order valence-electron chi connectivity index (χ2n) is 3.30. The van der Waals surface area contributed by atoms with Crippen LogP contribution in [0.3, 0.4) is 0 Å². The van der Waals surface area contributed by atoms with Gasteiger partial charge in [-0.1, -0.05) is 15.9 Å². The summed E-state index contributed by atoms with van der Waals surface area (Å²) in [5.74, 6) is -0.306. The number of rotatable bonds is 5. The summed E-state index contributed by atoms with van der Waals surface area (Å²) in [6.07, 6.45) is -2.95. The molecule has 0 N–H and O–H groups in total. The molecule has 0 aromatic heterocycles. The fraction of sp³-hybridized carbons (Fsp3) is 0.300. The SMILES string of the molecule is O=C(CBr)Cc1cc(C(F)F)ccc1[N+](=O)[O-]. The maximum Gasteiger partial charge on any atom is 0.273 e. The van der Waals surface area contributed by atoms with E-state index >= 15 is 0 Å². The van der Waals surface area contributed by atoms with Crippen LogP contribution in [0, 0.1) is 10.1 Å². The molecule has 0 aliphatic heterocycles. The molecule has 0 amide bonds. The van der Waals surface area contributed by atoms with E-state index in [1.807, 2.05) is 0 Å². The Balaban J connectivity index is 3.15. The Labute approximate surface area is 104 Å². The average Bonchev–Trinajstić information content (AvgIpc) is 2.28. The second-order valence-corrected chi connectivity index (χ2v) is 3.86. The summed E-state index contributed by atoms with van der Waals surface area (Å²) in [6.45, 7) is 0. The van der Waals surface area contributed by atoms with Gasteiger partial charge in [0.2, 0.25) is 0 Å². The minimum atomic E-state index is -2.71. The topological polar surface area (TPSA) is 60.2 Å². The maximum atomic E-state index is 12.4. The van der Waals surface area contributed by atoms with Crippen molar-refractivity contribution in [2.45, 2.75) is 12.8 Å². The lowest BCUT2D eigenvalue weighted by molar-refractivity contribution is -0.385. The van der Waals surface area contributed by atoms with Crippen LogP contribution in [0.15, 0.2) is 18.2 Å². The van der Waals surface area contributed by atoms with Crippen molar-refractivity contribution in [2.75, 3.05) is 5.33 Å². The number of benzene rings is 1. The summed E-state index contributed by atoms with van der Waals surface area (Å²) < 4.78 is 24.9. The molecule has 1 aromatic rings. The van der Waals surface area contributed by atoms with Crippen LogP contribution in [0.25, 0.3) is 0 Å². The highest BCUT2D eigenvalue weighted by Gasteiger charge is 2.19. The molecule has 92 valence electrons. The molecule has 0 saturated carbocycles. The normalized spacial score (nSPS) is 10.6. The van der Waals surface area contributed by atoms with Crippen molar-refractivity contribution < 1.29 is 18.5 Å². The quantitative estimate of drug-likeness (QED) is 0.477. The standard InChI is InChI=1S/C10H8BrF2NO3/c11-5-8(15)4-7-3-6(10(12)13)1-2-9(7)14(16)17/h1-3,10H,4-5H2. The van der Waals surface area contributed by atoms with E-state index in [1.165, 1.54) is 0 Å². The monoisotopic (exact) mass is 307 g/mol. The first-order chi connectivity index (χ1) is 7.95. The molecule has 0 radical (unpaired) electrons. The van der Waals surface area contributed by atoms with Gasteiger partial charge >= 0.3 is 0 Å². The van der Waals surface area contributed by atoms with Gasteiger partial charge in [-0.3, -0.25) is 14.9 Å². The van der Waals surface area contributed by atoms with Crippen molar-refractivity contribution in [2.24, 2.45) is 0 Å². The number of nitro groups is 1. The van der Waals surface area contributed by atoms with Crippen LogP contribution >= 0.6 is 15.9 Å². The van der Waals surface area contributed by atoms with Gasteiger partial charge in [0.1, 0.15) is 5.78 Å². The number of carbonyl (C=O) groups is 1. The Morgan fingerprint density at radius 3 is 2.59 bits per heavy atom. The van der Waals surface area contributed by atoms with Gasteiger partial charge in [0.15, 0.2) is 0 Å². The Kier molecular flexibility index (Phi) is 4.68. The zero-order chi connectivity index (χ0) is 13.0. The molecule has 0 heterocycles. The van der Waals surface area contributed by atoms with Gasteiger partial charge in [0.05, 0.1) is 10.3 Å². The van der Waals surface area contributed by atoms with E-state index in [1.54, 1.807) is 0 Å². The highest BCUT2D eigenvalue weighted by atomic mass is 79.9. The number of ketones is 1. The molecule has 7 heteroatoms. The number of halogens is 3. The molecule has 0 aliphatic carbocycles. The number of hydrogen-bond acceptors (Lipinski definition) is 3. The number of nitro benzene ring substituents is 1. The summed E-state index contributed by atoms with van der Waals surface area (Å²) >= 11 is 2.91. The molecule has 0 unspecified atom stereocenters. The Morgan fingerprint density at radius 1 is 1.47 bits per heavy atom. The van der Waals surface area contributed by atoms with Crippen molar-refractivity contribution in [1.82, 2.24) is 0 Å². The molecular weight excluding hydrogens is 300 g/mol. The van der Waals surface area contributed by atoms with E-state index in [2.05, 4.69) is 15.9 Å². The Morgan fingerprint density at radius 2 is 2.12 bits per heavy atom. The first kappa shape index (κ1) is 13.7. The van der Waals surface area contributed by atoms with Gasteiger partial charge in [-0.25, -0.2) is 8.78 Å². The molecule has 0 saturated heterocycles. The van der Waals surface area contributed by atoms with Gasteiger partial charge in [-0.05, 0) is 12.1 Å². The van der Waals surface area contributed by atoms with E-state index < -0.39 is 11.3 Å². The third kappa shape index (κ3) is 3.55. The first-order valence-electron chi connectivity index (χ1n) is 4.58. The van der Waals surface area contributed by atoms with Gasteiger partial charge in [0, 0.05) is 23.6 Å². The lowest BCUT2D eigenvalue weighted by Crippen LogP contribution is -2.06. The molecule has 1 rings (SSSR count). The lowest BCUT2D eigenvalue weighted by Gasteiger charge is -2.04. The maximum absolute atomic E-state index is 12.4. The number of alkyl halides is 3. The minimum Gasteiger partial charge on any atom is -0.298 e. The number of carbonyl (C=O) groups excluding carboxylic acids is 1. The fourth-order valence-corrected chi connectivity index (χ4v) is 1.52. The van der Waals surface area contributed by atoms with Gasteiger partial charge in [0.25, 0.3) is 12.1 Å². The zero-order valence-corrected chi connectivity index (χ0v) is 10.1. The highest BCUT2D eigenvalue weighted by Crippen LogP contribution is 2.26. The van der Waals surface area contributed by atoms with Crippen molar-refractivity contribution in [3.05, 3.63) is 39.4 Å². The van der Waals surface area contributed by atoms with E-state index in [0.29, 0.717) is 0 Å². The second kappa shape index (κ2) is 5.81. The van der Waals surface area contributed by atoms with Crippen molar-refractivity contribution in [3.63, 3.8) is 0 Å². The van der Waals surface area contributed by atoms with E-state index in [-0.39, 0.29) is 34.3 Å². The molecule has 4 nitrogen and oxygen atoms in total. The van der Waals surface area contributed by atoms with Gasteiger partial charge < -0.3 is 0 Å². The van der Waals surface area contributed by atoms with E-state index in [0.717, 1.165) is 18.2 Å². The highest BCUT2D eigenvalue weighted by molar-refractivity contribution is 9.09. The predicted molar refractivity (Wildman–Crippen MR) is 60.6 cm³/mol. The number of nitrogens with zero attached hydrogens (tertiary/aromatic N) is 1.